The Morgan fingerprint density at radius 2 is 2.18 bits per heavy atom. The molecule has 1 aliphatic heterocycles. The Balaban J connectivity index is 2.29. The topological polar surface area (TPSA) is 16.1 Å². The second-order valence-corrected chi connectivity index (χ2v) is 5.59. The van der Waals surface area contributed by atoms with E-state index in [-0.39, 0.29) is 0 Å². The highest BCUT2D eigenvalue weighted by atomic mass is 35.5. The Labute approximate surface area is 109 Å². The first kappa shape index (κ1) is 12.8. The standard InChI is InChI=1S/C14H21ClN2/c1-10(2)17-7-5-4-6-13(17)12-9-16-14(15)8-11(12)3/h8-10,13H,4-7H2,1-3H3. The van der Waals surface area contributed by atoms with Gasteiger partial charge in [0.2, 0.25) is 0 Å². The van der Waals surface area contributed by atoms with Gasteiger partial charge in [0.05, 0.1) is 0 Å². The molecule has 1 aliphatic rings. The number of halogens is 1. The number of hydrogen-bond acceptors (Lipinski definition) is 2. The van der Waals surface area contributed by atoms with Gasteiger partial charge in [-0.1, -0.05) is 18.0 Å². The molecule has 0 bridgehead atoms. The van der Waals surface area contributed by atoms with Gasteiger partial charge in [-0.25, -0.2) is 4.98 Å². The number of piperidine rings is 1. The molecular weight excluding hydrogens is 232 g/mol. The van der Waals surface area contributed by atoms with Crippen molar-refractivity contribution in [2.45, 2.75) is 52.1 Å². The third kappa shape index (κ3) is 2.80. The van der Waals surface area contributed by atoms with E-state index in [4.69, 9.17) is 11.6 Å². The summed E-state index contributed by atoms with van der Waals surface area (Å²) in [6.45, 7) is 7.88. The van der Waals surface area contributed by atoms with Crippen molar-refractivity contribution in [3.05, 3.63) is 28.5 Å². The van der Waals surface area contributed by atoms with Crippen LogP contribution in [0.3, 0.4) is 0 Å². The van der Waals surface area contributed by atoms with Crippen LogP contribution < -0.4 is 0 Å². The average molecular weight is 253 g/mol. The largest absolute Gasteiger partial charge is 0.294 e. The van der Waals surface area contributed by atoms with Gasteiger partial charge in [-0.2, -0.15) is 0 Å². The van der Waals surface area contributed by atoms with Crippen LogP contribution in [0.4, 0.5) is 0 Å². The van der Waals surface area contributed by atoms with E-state index in [9.17, 15) is 0 Å². The number of rotatable bonds is 2. The van der Waals surface area contributed by atoms with Crippen molar-refractivity contribution in [2.75, 3.05) is 6.54 Å². The molecule has 17 heavy (non-hydrogen) atoms. The molecule has 1 aromatic heterocycles. The molecule has 1 atom stereocenters. The van der Waals surface area contributed by atoms with Gasteiger partial charge >= 0.3 is 0 Å². The smallest absolute Gasteiger partial charge is 0.129 e. The van der Waals surface area contributed by atoms with Gasteiger partial charge in [0.25, 0.3) is 0 Å². The van der Waals surface area contributed by atoms with E-state index >= 15 is 0 Å². The third-order valence-electron chi connectivity index (χ3n) is 3.68. The van der Waals surface area contributed by atoms with Gasteiger partial charge < -0.3 is 0 Å². The van der Waals surface area contributed by atoms with Crippen LogP contribution in [-0.2, 0) is 0 Å². The third-order valence-corrected chi connectivity index (χ3v) is 3.89. The lowest BCUT2D eigenvalue weighted by Crippen LogP contribution is -2.38. The maximum atomic E-state index is 5.93. The minimum atomic E-state index is 0.522. The van der Waals surface area contributed by atoms with Gasteiger partial charge in [-0.3, -0.25) is 4.90 Å². The molecular formula is C14H21ClN2. The van der Waals surface area contributed by atoms with Gasteiger partial charge in [-0.15, -0.1) is 0 Å². The Kier molecular flexibility index (Phi) is 4.05. The predicted octanol–water partition coefficient (Wildman–Crippen LogP) is 3.98. The number of aromatic nitrogens is 1. The molecule has 0 aromatic carbocycles. The van der Waals surface area contributed by atoms with Crippen molar-refractivity contribution in [3.63, 3.8) is 0 Å². The highest BCUT2D eigenvalue weighted by Crippen LogP contribution is 2.34. The molecule has 3 heteroatoms. The minimum absolute atomic E-state index is 0.522. The van der Waals surface area contributed by atoms with Crippen LogP contribution in [0.15, 0.2) is 12.3 Å². The molecule has 0 N–H and O–H groups in total. The molecule has 1 saturated heterocycles. The highest BCUT2D eigenvalue weighted by molar-refractivity contribution is 6.29. The van der Waals surface area contributed by atoms with Crippen molar-refractivity contribution < 1.29 is 0 Å². The summed E-state index contributed by atoms with van der Waals surface area (Å²) >= 11 is 5.93. The monoisotopic (exact) mass is 252 g/mol. The summed E-state index contributed by atoms with van der Waals surface area (Å²) in [7, 11) is 0. The molecule has 94 valence electrons. The van der Waals surface area contributed by atoms with Crippen LogP contribution in [0.5, 0.6) is 0 Å². The normalized spacial score (nSPS) is 22.1. The number of aryl methyl sites for hydroxylation is 1. The lowest BCUT2D eigenvalue weighted by Gasteiger charge is -2.39. The lowest BCUT2D eigenvalue weighted by atomic mass is 9.92. The molecule has 0 saturated carbocycles. The zero-order valence-electron chi connectivity index (χ0n) is 10.9. The Bertz CT molecular complexity index is 390. The molecule has 1 aromatic rings. The number of nitrogens with zero attached hydrogens (tertiary/aromatic N) is 2. The maximum absolute atomic E-state index is 5.93. The summed E-state index contributed by atoms with van der Waals surface area (Å²) in [6.07, 6.45) is 5.83. The van der Waals surface area contributed by atoms with Crippen LogP contribution in [0.2, 0.25) is 5.15 Å². The highest BCUT2D eigenvalue weighted by Gasteiger charge is 2.27. The van der Waals surface area contributed by atoms with E-state index in [1.807, 2.05) is 12.3 Å². The summed E-state index contributed by atoms with van der Waals surface area (Å²) in [5, 5.41) is 0.596. The van der Waals surface area contributed by atoms with Crippen LogP contribution >= 0.6 is 11.6 Å². The van der Waals surface area contributed by atoms with E-state index in [0.29, 0.717) is 17.2 Å². The summed E-state index contributed by atoms with van der Waals surface area (Å²) in [5.41, 5.74) is 2.62. The van der Waals surface area contributed by atoms with Crippen molar-refractivity contribution in [1.82, 2.24) is 9.88 Å². The Morgan fingerprint density at radius 1 is 1.41 bits per heavy atom. The van der Waals surface area contributed by atoms with Crippen LogP contribution in [-0.4, -0.2) is 22.5 Å². The fourth-order valence-electron chi connectivity index (χ4n) is 2.79. The second-order valence-electron chi connectivity index (χ2n) is 5.21. The molecule has 2 nitrogen and oxygen atoms in total. The molecule has 0 aliphatic carbocycles. The van der Waals surface area contributed by atoms with Crippen molar-refractivity contribution >= 4 is 11.6 Å². The van der Waals surface area contributed by atoms with E-state index in [1.54, 1.807) is 0 Å². The number of pyridine rings is 1. The Hall–Kier alpha value is -0.600. The fraction of sp³-hybridized carbons (Fsp3) is 0.643. The summed E-state index contributed by atoms with van der Waals surface area (Å²) < 4.78 is 0. The number of hydrogen-bond donors (Lipinski definition) is 0. The SMILES string of the molecule is Cc1cc(Cl)ncc1C1CCCCN1C(C)C. The first-order valence-electron chi connectivity index (χ1n) is 6.47. The fourth-order valence-corrected chi connectivity index (χ4v) is 3.00. The second kappa shape index (κ2) is 5.36. The van der Waals surface area contributed by atoms with E-state index in [2.05, 4.69) is 30.7 Å². The minimum Gasteiger partial charge on any atom is -0.294 e. The Morgan fingerprint density at radius 3 is 2.82 bits per heavy atom. The van der Waals surface area contributed by atoms with Crippen LogP contribution in [0, 0.1) is 6.92 Å². The van der Waals surface area contributed by atoms with E-state index < -0.39 is 0 Å². The predicted molar refractivity (Wildman–Crippen MR) is 72.4 cm³/mol. The van der Waals surface area contributed by atoms with E-state index in [1.165, 1.54) is 36.9 Å². The van der Waals surface area contributed by atoms with Crippen molar-refractivity contribution in [1.29, 1.82) is 0 Å². The molecule has 1 fully saturated rings. The van der Waals surface area contributed by atoms with Gasteiger partial charge in [0.15, 0.2) is 0 Å². The van der Waals surface area contributed by atoms with Gasteiger partial charge in [0, 0.05) is 18.3 Å². The molecule has 1 unspecified atom stereocenters. The van der Waals surface area contributed by atoms with Crippen molar-refractivity contribution in [2.24, 2.45) is 0 Å². The summed E-state index contributed by atoms with van der Waals surface area (Å²) in [6, 6.07) is 3.09. The quantitative estimate of drug-likeness (QED) is 0.741. The molecule has 0 amide bonds. The maximum Gasteiger partial charge on any atom is 0.129 e. The first-order valence-corrected chi connectivity index (χ1v) is 6.85. The van der Waals surface area contributed by atoms with E-state index in [0.717, 1.165) is 0 Å². The van der Waals surface area contributed by atoms with Crippen LogP contribution in [0.25, 0.3) is 0 Å². The first-order chi connectivity index (χ1) is 8.09. The zero-order valence-corrected chi connectivity index (χ0v) is 11.7. The van der Waals surface area contributed by atoms with Crippen molar-refractivity contribution in [3.8, 4) is 0 Å². The average Bonchev–Trinajstić information content (AvgIpc) is 2.29. The lowest BCUT2D eigenvalue weighted by molar-refractivity contribution is 0.111. The molecule has 2 heterocycles. The molecule has 0 spiro atoms. The molecule has 2 rings (SSSR count). The number of likely N-dealkylation sites (tertiary alicyclic amines) is 1. The summed E-state index contributed by atoms with van der Waals surface area (Å²) in [5.74, 6) is 0. The van der Waals surface area contributed by atoms with Crippen LogP contribution in [0.1, 0.15) is 50.3 Å². The zero-order chi connectivity index (χ0) is 12.4. The molecule has 0 radical (unpaired) electrons. The van der Waals surface area contributed by atoms with Gasteiger partial charge in [0.1, 0.15) is 5.15 Å². The summed E-state index contributed by atoms with van der Waals surface area (Å²) in [4.78, 5) is 6.83. The van der Waals surface area contributed by atoms with Gasteiger partial charge in [-0.05, 0) is 57.4 Å².